The van der Waals surface area contributed by atoms with Gasteiger partial charge in [-0.1, -0.05) is 6.08 Å². The summed E-state index contributed by atoms with van der Waals surface area (Å²) in [5.41, 5.74) is 1.06. The van der Waals surface area contributed by atoms with Crippen LogP contribution >= 0.6 is 0 Å². The van der Waals surface area contributed by atoms with Crippen LogP contribution < -0.4 is 10.2 Å². The number of carbonyl (C=O) groups excluding carboxylic acids is 2. The zero-order chi connectivity index (χ0) is 22.1. The van der Waals surface area contributed by atoms with Gasteiger partial charge in [-0.05, 0) is 32.1 Å². The lowest BCUT2D eigenvalue weighted by molar-refractivity contribution is -0.328. The molecule has 30 heavy (non-hydrogen) atoms. The zero-order valence-electron chi connectivity index (χ0n) is 16.7. The smallest absolute Gasteiger partial charge is 0.356 e. The number of likely N-dealkylation sites (N-methyl/N-ethyl adjacent to an activating group) is 1. The van der Waals surface area contributed by atoms with Gasteiger partial charge in [0.15, 0.2) is 0 Å². The van der Waals surface area contributed by atoms with Crippen LogP contribution in [0.2, 0.25) is 0 Å². The standard InChI is InChI=1S/C19H24F3N5O3/c1-3-5-16(25-27(13-28)11-18(29)23-4-2)15-6-7-17(24-8-15)26-9-14(10-26)12-30-19(20,21)22/h3,5-8,13-14H,4,9-12H2,1-2H3,(H,23,29)/b5-3-,25-16+. The van der Waals surface area contributed by atoms with Gasteiger partial charge in [-0.2, -0.15) is 5.10 Å². The maximum absolute atomic E-state index is 12.1. The quantitative estimate of drug-likeness (QED) is 0.350. The van der Waals surface area contributed by atoms with Crippen molar-refractivity contribution in [3.05, 3.63) is 36.0 Å². The van der Waals surface area contributed by atoms with Gasteiger partial charge in [0.05, 0.1) is 12.3 Å². The van der Waals surface area contributed by atoms with Crippen molar-refractivity contribution in [2.45, 2.75) is 20.2 Å². The highest BCUT2D eigenvalue weighted by molar-refractivity contribution is 6.08. The monoisotopic (exact) mass is 427 g/mol. The molecule has 2 heterocycles. The average molecular weight is 427 g/mol. The van der Waals surface area contributed by atoms with Crippen molar-refractivity contribution >= 4 is 23.8 Å². The number of pyridine rings is 1. The van der Waals surface area contributed by atoms with Crippen molar-refractivity contribution in [1.29, 1.82) is 0 Å². The van der Waals surface area contributed by atoms with E-state index in [1.54, 1.807) is 44.3 Å². The van der Waals surface area contributed by atoms with Gasteiger partial charge in [-0.3, -0.25) is 14.3 Å². The molecule has 0 radical (unpaired) electrons. The SMILES string of the molecule is C/C=C\C(=N/N(C=O)CC(=O)NCC)c1ccc(N2CC(COC(F)(F)F)C2)nc1. The Kier molecular flexibility index (Phi) is 8.34. The van der Waals surface area contributed by atoms with Gasteiger partial charge in [0.25, 0.3) is 0 Å². The number of allylic oxidation sites excluding steroid dienone is 2. The molecule has 1 saturated heterocycles. The number of nitrogens with one attached hydrogen (secondary N) is 1. The number of hydrogen-bond acceptors (Lipinski definition) is 6. The van der Waals surface area contributed by atoms with E-state index in [1.807, 2.05) is 4.90 Å². The third-order valence-corrected chi connectivity index (χ3v) is 4.17. The molecule has 0 aromatic carbocycles. The minimum atomic E-state index is -4.62. The Morgan fingerprint density at radius 2 is 2.17 bits per heavy atom. The molecule has 0 atom stereocenters. The summed E-state index contributed by atoms with van der Waals surface area (Å²) in [6, 6.07) is 3.47. The second-order valence-corrected chi connectivity index (χ2v) is 6.57. The second kappa shape index (κ2) is 10.7. The van der Waals surface area contributed by atoms with Gasteiger partial charge in [0.2, 0.25) is 12.3 Å². The number of carbonyl (C=O) groups is 2. The molecule has 1 aromatic heterocycles. The summed E-state index contributed by atoms with van der Waals surface area (Å²) >= 11 is 0. The lowest BCUT2D eigenvalue weighted by Gasteiger charge is -2.40. The number of alkyl halides is 3. The van der Waals surface area contributed by atoms with Crippen LogP contribution in [0.5, 0.6) is 0 Å². The van der Waals surface area contributed by atoms with E-state index in [2.05, 4.69) is 20.1 Å². The lowest BCUT2D eigenvalue weighted by atomic mass is 10.0. The van der Waals surface area contributed by atoms with Crippen molar-refractivity contribution in [1.82, 2.24) is 15.3 Å². The summed E-state index contributed by atoms with van der Waals surface area (Å²) in [6.45, 7) is 4.27. The minimum Gasteiger partial charge on any atom is -0.356 e. The number of ether oxygens (including phenoxy) is 1. The summed E-state index contributed by atoms with van der Waals surface area (Å²) in [6.07, 6.45) is 0.823. The van der Waals surface area contributed by atoms with Crippen LogP contribution in [-0.2, 0) is 14.3 Å². The van der Waals surface area contributed by atoms with Crippen LogP contribution in [0, 0.1) is 5.92 Å². The fraction of sp³-hybridized carbons (Fsp3) is 0.474. The largest absolute Gasteiger partial charge is 0.522 e. The maximum Gasteiger partial charge on any atom is 0.522 e. The predicted molar refractivity (Wildman–Crippen MR) is 105 cm³/mol. The third-order valence-electron chi connectivity index (χ3n) is 4.17. The first-order valence-corrected chi connectivity index (χ1v) is 9.37. The van der Waals surface area contributed by atoms with E-state index < -0.39 is 6.36 Å². The second-order valence-electron chi connectivity index (χ2n) is 6.57. The third kappa shape index (κ3) is 7.14. The summed E-state index contributed by atoms with van der Waals surface area (Å²) in [7, 11) is 0. The molecule has 1 aliphatic rings. The topological polar surface area (TPSA) is 87.1 Å². The van der Waals surface area contributed by atoms with E-state index in [0.29, 0.717) is 43.1 Å². The molecule has 0 unspecified atom stereocenters. The van der Waals surface area contributed by atoms with Crippen LogP contribution in [0.3, 0.4) is 0 Å². The molecule has 1 aromatic rings. The highest BCUT2D eigenvalue weighted by atomic mass is 19.4. The molecule has 0 bridgehead atoms. The highest BCUT2D eigenvalue weighted by Crippen LogP contribution is 2.25. The molecule has 1 fully saturated rings. The fourth-order valence-corrected chi connectivity index (χ4v) is 2.78. The molecular weight excluding hydrogens is 403 g/mol. The first kappa shape index (κ1) is 23.3. The van der Waals surface area contributed by atoms with Gasteiger partial charge in [0, 0.05) is 37.3 Å². The van der Waals surface area contributed by atoms with Crippen molar-refractivity contribution in [2.75, 3.05) is 37.7 Å². The van der Waals surface area contributed by atoms with Crippen molar-refractivity contribution in [2.24, 2.45) is 11.0 Å². The lowest BCUT2D eigenvalue weighted by Crippen LogP contribution is -2.49. The van der Waals surface area contributed by atoms with E-state index in [4.69, 9.17) is 0 Å². The molecule has 1 aliphatic heterocycles. The van der Waals surface area contributed by atoms with Gasteiger partial charge < -0.3 is 10.2 Å². The van der Waals surface area contributed by atoms with E-state index >= 15 is 0 Å². The number of halogens is 3. The summed E-state index contributed by atoms with van der Waals surface area (Å²) in [5, 5.41) is 7.79. The first-order valence-electron chi connectivity index (χ1n) is 9.37. The molecule has 11 heteroatoms. The van der Waals surface area contributed by atoms with Crippen LogP contribution in [0.15, 0.2) is 35.6 Å². The normalized spacial score (nSPS) is 15.2. The summed E-state index contributed by atoms with van der Waals surface area (Å²) in [4.78, 5) is 29.1. The summed E-state index contributed by atoms with van der Waals surface area (Å²) < 4.78 is 40.1. The number of rotatable bonds is 10. The van der Waals surface area contributed by atoms with Gasteiger partial charge >= 0.3 is 6.36 Å². The molecule has 2 amide bonds. The van der Waals surface area contributed by atoms with Gasteiger partial charge in [-0.25, -0.2) is 9.99 Å². The van der Waals surface area contributed by atoms with Crippen LogP contribution in [0.4, 0.5) is 19.0 Å². The number of amides is 2. The minimum absolute atomic E-state index is 0.205. The van der Waals surface area contributed by atoms with Gasteiger partial charge in [0.1, 0.15) is 12.4 Å². The van der Waals surface area contributed by atoms with E-state index in [9.17, 15) is 22.8 Å². The van der Waals surface area contributed by atoms with Crippen molar-refractivity contribution in [3.63, 3.8) is 0 Å². The average Bonchev–Trinajstić information content (AvgIpc) is 2.65. The Labute approximate surface area is 172 Å². The molecule has 164 valence electrons. The number of hydrogen-bond donors (Lipinski definition) is 1. The summed E-state index contributed by atoms with van der Waals surface area (Å²) in [5.74, 6) is 0.0866. The molecule has 0 aliphatic carbocycles. The molecule has 0 saturated carbocycles. The number of nitrogens with zero attached hydrogens (tertiary/aromatic N) is 4. The van der Waals surface area contributed by atoms with Crippen LogP contribution in [-0.4, -0.2) is 67.2 Å². The fourth-order valence-electron chi connectivity index (χ4n) is 2.78. The number of hydrazone groups is 1. The number of anilines is 1. The molecule has 2 rings (SSSR count). The van der Waals surface area contributed by atoms with Crippen LogP contribution in [0.1, 0.15) is 19.4 Å². The van der Waals surface area contributed by atoms with E-state index in [1.165, 1.54) is 0 Å². The Morgan fingerprint density at radius 1 is 1.43 bits per heavy atom. The first-order chi connectivity index (χ1) is 14.3. The number of aromatic nitrogens is 1. The van der Waals surface area contributed by atoms with Crippen molar-refractivity contribution in [3.8, 4) is 0 Å². The Hall–Kier alpha value is -2.95. The molecule has 8 nitrogen and oxygen atoms in total. The highest BCUT2D eigenvalue weighted by Gasteiger charge is 2.34. The van der Waals surface area contributed by atoms with Gasteiger partial charge in [-0.15, -0.1) is 13.2 Å². The van der Waals surface area contributed by atoms with E-state index in [-0.39, 0.29) is 25.0 Å². The van der Waals surface area contributed by atoms with Crippen molar-refractivity contribution < 1.29 is 27.5 Å². The Bertz CT molecular complexity index is 775. The zero-order valence-corrected chi connectivity index (χ0v) is 16.7. The molecule has 1 N–H and O–H groups in total. The Morgan fingerprint density at radius 3 is 2.70 bits per heavy atom. The molecular formula is C19H24F3N5O3. The molecule has 0 spiro atoms. The Balaban J connectivity index is 2.01. The maximum atomic E-state index is 12.1. The van der Waals surface area contributed by atoms with E-state index in [0.717, 1.165) is 5.01 Å². The predicted octanol–water partition coefficient (Wildman–Crippen LogP) is 1.93. The van der Waals surface area contributed by atoms with Crippen LogP contribution in [0.25, 0.3) is 0 Å².